The Kier molecular flexibility index (Phi) is 6.84. The van der Waals surface area contributed by atoms with Crippen molar-refractivity contribution in [3.05, 3.63) is 29.3 Å². The zero-order valence-corrected chi connectivity index (χ0v) is 17.4. The maximum Gasteiger partial charge on any atom is 0.318 e. The minimum absolute atomic E-state index is 0.124. The molecule has 0 saturated carbocycles. The predicted molar refractivity (Wildman–Crippen MR) is 112 cm³/mol. The molecule has 0 bridgehead atoms. The highest BCUT2D eigenvalue weighted by atomic mass is 35.5. The first kappa shape index (κ1) is 21.2. The van der Waals surface area contributed by atoms with Crippen LogP contribution in [-0.4, -0.2) is 73.0 Å². The molecule has 1 aromatic rings. The highest BCUT2D eigenvalue weighted by Gasteiger charge is 2.30. The lowest BCUT2D eigenvalue weighted by atomic mass is 9.96. The van der Waals surface area contributed by atoms with Gasteiger partial charge in [0.15, 0.2) is 0 Å². The minimum atomic E-state index is -0.609. The molecule has 1 aromatic carbocycles. The molecule has 3 N–H and O–H groups in total. The molecule has 0 aromatic heterocycles. The van der Waals surface area contributed by atoms with E-state index in [4.69, 9.17) is 17.3 Å². The van der Waals surface area contributed by atoms with Crippen LogP contribution in [0.2, 0.25) is 5.02 Å². The smallest absolute Gasteiger partial charge is 0.318 e. The van der Waals surface area contributed by atoms with Gasteiger partial charge >= 0.3 is 6.03 Å². The Bertz CT molecular complexity index is 741. The van der Waals surface area contributed by atoms with E-state index in [0.29, 0.717) is 44.0 Å². The number of anilines is 1. The summed E-state index contributed by atoms with van der Waals surface area (Å²) >= 11 is 5.94. The molecule has 2 aliphatic rings. The molecule has 0 spiro atoms. The summed E-state index contributed by atoms with van der Waals surface area (Å²) in [6, 6.07) is 6.82. The molecule has 2 aliphatic heterocycles. The molecule has 0 aliphatic carbocycles. The first-order valence-electron chi connectivity index (χ1n) is 9.99. The standard InChI is InChI=1S/C20H28ClN5O3/c1-14(19(28)25-8-6-15(7-9-25)18(22)27)23-20(29)26-12-10-24(11-13-26)17-4-2-16(21)3-5-17/h2-5,14-15H,6-13H2,1H3,(H2,22,27)(H,23,29). The van der Waals surface area contributed by atoms with Gasteiger partial charge in [-0.25, -0.2) is 4.79 Å². The largest absolute Gasteiger partial charge is 0.369 e. The molecular formula is C20H28ClN5O3. The van der Waals surface area contributed by atoms with Crippen LogP contribution in [-0.2, 0) is 9.59 Å². The van der Waals surface area contributed by atoms with Gasteiger partial charge in [-0.3, -0.25) is 9.59 Å². The number of urea groups is 1. The Balaban J connectivity index is 1.45. The molecule has 3 rings (SSSR count). The lowest BCUT2D eigenvalue weighted by molar-refractivity contribution is -0.136. The second kappa shape index (κ2) is 9.35. The Hall–Kier alpha value is -2.48. The summed E-state index contributed by atoms with van der Waals surface area (Å²) in [6.45, 7) is 5.29. The number of piperidine rings is 1. The molecule has 9 heteroatoms. The molecule has 8 nitrogen and oxygen atoms in total. The van der Waals surface area contributed by atoms with Gasteiger partial charge in [0.2, 0.25) is 11.8 Å². The third kappa shape index (κ3) is 5.32. The normalized spacial score (nSPS) is 19.0. The van der Waals surface area contributed by atoms with Crippen LogP contribution < -0.4 is 16.0 Å². The number of piperazine rings is 1. The number of nitrogens with two attached hydrogens (primary N) is 1. The summed E-state index contributed by atoms with van der Waals surface area (Å²) in [5.74, 6) is -0.599. The summed E-state index contributed by atoms with van der Waals surface area (Å²) in [4.78, 5) is 42.1. The van der Waals surface area contributed by atoms with Crippen LogP contribution in [0.25, 0.3) is 0 Å². The van der Waals surface area contributed by atoms with E-state index in [1.165, 1.54) is 0 Å². The monoisotopic (exact) mass is 421 g/mol. The van der Waals surface area contributed by atoms with E-state index in [9.17, 15) is 14.4 Å². The number of hydrogen-bond donors (Lipinski definition) is 2. The number of hydrogen-bond acceptors (Lipinski definition) is 4. The van der Waals surface area contributed by atoms with E-state index in [0.717, 1.165) is 18.8 Å². The molecule has 0 radical (unpaired) electrons. The molecule has 4 amide bonds. The van der Waals surface area contributed by atoms with E-state index < -0.39 is 6.04 Å². The van der Waals surface area contributed by atoms with Crippen molar-refractivity contribution in [2.75, 3.05) is 44.2 Å². The third-order valence-electron chi connectivity index (χ3n) is 5.68. The van der Waals surface area contributed by atoms with Crippen molar-refractivity contribution in [2.45, 2.75) is 25.8 Å². The van der Waals surface area contributed by atoms with Crippen molar-refractivity contribution in [2.24, 2.45) is 11.7 Å². The van der Waals surface area contributed by atoms with Crippen molar-refractivity contribution in [1.29, 1.82) is 0 Å². The number of benzene rings is 1. The molecule has 2 heterocycles. The average molecular weight is 422 g/mol. The maximum absolute atomic E-state index is 12.6. The number of nitrogens with one attached hydrogen (secondary N) is 1. The van der Waals surface area contributed by atoms with Gasteiger partial charge in [0.05, 0.1) is 0 Å². The van der Waals surface area contributed by atoms with Crippen molar-refractivity contribution in [3.8, 4) is 0 Å². The molecule has 29 heavy (non-hydrogen) atoms. The van der Waals surface area contributed by atoms with Gasteiger partial charge in [0, 0.05) is 55.9 Å². The maximum atomic E-state index is 12.6. The fraction of sp³-hybridized carbons (Fsp3) is 0.550. The van der Waals surface area contributed by atoms with Crippen LogP contribution in [0.4, 0.5) is 10.5 Å². The highest BCUT2D eigenvalue weighted by molar-refractivity contribution is 6.30. The van der Waals surface area contributed by atoms with Crippen LogP contribution in [0.15, 0.2) is 24.3 Å². The van der Waals surface area contributed by atoms with Crippen molar-refractivity contribution < 1.29 is 14.4 Å². The molecule has 2 fully saturated rings. The molecule has 1 atom stereocenters. The van der Waals surface area contributed by atoms with E-state index in [1.54, 1.807) is 16.7 Å². The summed E-state index contributed by atoms with van der Waals surface area (Å²) in [5, 5.41) is 3.51. The summed E-state index contributed by atoms with van der Waals surface area (Å²) in [6.07, 6.45) is 1.16. The fourth-order valence-electron chi connectivity index (χ4n) is 3.82. The number of nitrogens with zero attached hydrogens (tertiary/aromatic N) is 3. The number of amides is 4. The van der Waals surface area contributed by atoms with Crippen LogP contribution in [0.1, 0.15) is 19.8 Å². The summed E-state index contributed by atoms with van der Waals surface area (Å²) in [5.41, 5.74) is 6.42. The van der Waals surface area contributed by atoms with E-state index in [-0.39, 0.29) is 23.8 Å². The van der Waals surface area contributed by atoms with E-state index in [1.807, 2.05) is 24.3 Å². The van der Waals surface area contributed by atoms with Crippen LogP contribution in [0.5, 0.6) is 0 Å². The van der Waals surface area contributed by atoms with Crippen molar-refractivity contribution in [1.82, 2.24) is 15.1 Å². The Morgan fingerprint density at radius 1 is 1.00 bits per heavy atom. The van der Waals surface area contributed by atoms with Gasteiger partial charge < -0.3 is 25.8 Å². The summed E-state index contributed by atoms with van der Waals surface area (Å²) in [7, 11) is 0. The third-order valence-corrected chi connectivity index (χ3v) is 5.93. The number of rotatable bonds is 4. The zero-order chi connectivity index (χ0) is 21.0. The SMILES string of the molecule is CC(NC(=O)N1CCN(c2ccc(Cl)cc2)CC1)C(=O)N1CCC(C(N)=O)CC1. The Morgan fingerprint density at radius 3 is 2.14 bits per heavy atom. The van der Waals surface area contributed by atoms with Gasteiger partial charge in [-0.15, -0.1) is 0 Å². The lowest BCUT2D eigenvalue weighted by Gasteiger charge is -2.37. The number of likely N-dealkylation sites (tertiary alicyclic amines) is 1. The number of primary amides is 1. The lowest BCUT2D eigenvalue weighted by Crippen LogP contribution is -2.56. The van der Waals surface area contributed by atoms with Crippen LogP contribution >= 0.6 is 11.6 Å². The predicted octanol–water partition coefficient (Wildman–Crippen LogP) is 1.28. The van der Waals surface area contributed by atoms with E-state index in [2.05, 4.69) is 10.2 Å². The first-order chi connectivity index (χ1) is 13.8. The number of carbonyl (C=O) groups is 3. The first-order valence-corrected chi connectivity index (χ1v) is 10.4. The second-order valence-corrected chi connectivity index (χ2v) is 8.06. The van der Waals surface area contributed by atoms with Crippen LogP contribution in [0, 0.1) is 5.92 Å². The van der Waals surface area contributed by atoms with Gasteiger partial charge in [0.1, 0.15) is 6.04 Å². The van der Waals surface area contributed by atoms with Gasteiger partial charge in [-0.1, -0.05) is 11.6 Å². The average Bonchev–Trinajstić information content (AvgIpc) is 2.74. The van der Waals surface area contributed by atoms with Crippen LogP contribution in [0.3, 0.4) is 0 Å². The topological polar surface area (TPSA) is 99.0 Å². The van der Waals surface area contributed by atoms with Gasteiger partial charge in [-0.2, -0.15) is 0 Å². The fourth-order valence-corrected chi connectivity index (χ4v) is 3.94. The molecule has 1 unspecified atom stereocenters. The highest BCUT2D eigenvalue weighted by Crippen LogP contribution is 2.20. The van der Waals surface area contributed by atoms with Gasteiger partial charge in [0.25, 0.3) is 0 Å². The molecule has 158 valence electrons. The Morgan fingerprint density at radius 2 is 1.59 bits per heavy atom. The quantitative estimate of drug-likeness (QED) is 0.765. The van der Waals surface area contributed by atoms with E-state index >= 15 is 0 Å². The zero-order valence-electron chi connectivity index (χ0n) is 16.6. The molecular weight excluding hydrogens is 394 g/mol. The summed E-state index contributed by atoms with van der Waals surface area (Å²) < 4.78 is 0. The Labute approximate surface area is 175 Å². The second-order valence-electron chi connectivity index (χ2n) is 7.62. The number of carbonyl (C=O) groups excluding carboxylic acids is 3. The minimum Gasteiger partial charge on any atom is -0.369 e. The van der Waals surface area contributed by atoms with Gasteiger partial charge in [-0.05, 0) is 44.0 Å². The van der Waals surface area contributed by atoms with Crippen molar-refractivity contribution in [3.63, 3.8) is 0 Å². The molecule has 2 saturated heterocycles. The van der Waals surface area contributed by atoms with Crippen molar-refractivity contribution >= 4 is 35.1 Å². The number of halogens is 1.